The molecule has 3 rings (SSSR count). The highest BCUT2D eigenvalue weighted by Crippen LogP contribution is 2.15. The number of aryl methyl sites for hydroxylation is 1. The molecule has 0 atom stereocenters. The van der Waals surface area contributed by atoms with Gasteiger partial charge in [-0.15, -0.1) is 5.10 Å². The smallest absolute Gasteiger partial charge is 0.211 e. The van der Waals surface area contributed by atoms with Crippen LogP contribution in [0.5, 0.6) is 0 Å². The number of halogens is 1. The molecule has 3 aromatic rings. The molecule has 1 aromatic heterocycles. The van der Waals surface area contributed by atoms with Crippen molar-refractivity contribution in [1.82, 2.24) is 4.57 Å². The third-order valence-corrected chi connectivity index (χ3v) is 4.68. The van der Waals surface area contributed by atoms with Gasteiger partial charge in [-0.25, -0.2) is 0 Å². The van der Waals surface area contributed by atoms with E-state index in [1.165, 1.54) is 10.2 Å². The molecule has 0 spiro atoms. The second-order valence-corrected chi connectivity index (χ2v) is 6.62. The molecular weight excluding hydrogens is 358 g/mol. The van der Waals surface area contributed by atoms with Crippen LogP contribution in [0.25, 0.3) is 16.3 Å². The standard InChI is InChI=1S/C17H14BrN3S/c1-21-15-9-5-6-10-16(15)22-17(21)20-19-12-14(18)11-13-7-3-2-4-8-13/h2-12H,1H3/b14-11-,19-12-,20-17+. The summed E-state index contributed by atoms with van der Waals surface area (Å²) in [5, 5.41) is 8.47. The Kier molecular flexibility index (Phi) is 4.65. The van der Waals surface area contributed by atoms with Crippen LogP contribution in [-0.4, -0.2) is 10.8 Å². The Morgan fingerprint density at radius 2 is 1.82 bits per heavy atom. The molecule has 22 heavy (non-hydrogen) atoms. The SMILES string of the molecule is Cn1\c(=N/N=C\C(Br)=C\c2ccccc2)sc2ccccc21. The second-order valence-electron chi connectivity index (χ2n) is 4.70. The van der Waals surface area contributed by atoms with Gasteiger partial charge < -0.3 is 4.57 Å². The number of rotatable bonds is 3. The van der Waals surface area contributed by atoms with Gasteiger partial charge in [0.2, 0.25) is 4.80 Å². The summed E-state index contributed by atoms with van der Waals surface area (Å²) in [5.74, 6) is 0. The van der Waals surface area contributed by atoms with Crippen molar-refractivity contribution in [3.05, 3.63) is 69.4 Å². The van der Waals surface area contributed by atoms with Crippen molar-refractivity contribution in [1.29, 1.82) is 0 Å². The van der Waals surface area contributed by atoms with Crippen LogP contribution in [0.4, 0.5) is 0 Å². The number of allylic oxidation sites excluding steroid dienone is 1. The number of fused-ring (bicyclic) bond motifs is 1. The number of benzene rings is 2. The fourth-order valence-electron chi connectivity index (χ4n) is 2.06. The highest BCUT2D eigenvalue weighted by atomic mass is 79.9. The Morgan fingerprint density at radius 3 is 2.59 bits per heavy atom. The molecule has 0 N–H and O–H groups in total. The number of nitrogens with zero attached hydrogens (tertiary/aromatic N) is 3. The van der Waals surface area contributed by atoms with Crippen molar-refractivity contribution in [3.8, 4) is 0 Å². The van der Waals surface area contributed by atoms with Gasteiger partial charge in [-0.2, -0.15) is 5.10 Å². The summed E-state index contributed by atoms with van der Waals surface area (Å²) in [6.45, 7) is 0. The lowest BCUT2D eigenvalue weighted by Crippen LogP contribution is -2.08. The van der Waals surface area contributed by atoms with E-state index >= 15 is 0 Å². The van der Waals surface area contributed by atoms with Crippen molar-refractivity contribution in [2.45, 2.75) is 0 Å². The molecule has 0 amide bonds. The summed E-state index contributed by atoms with van der Waals surface area (Å²) in [4.78, 5) is 0.873. The normalized spacial score (nSPS) is 13.4. The first kappa shape index (κ1) is 14.9. The monoisotopic (exact) mass is 371 g/mol. The zero-order chi connectivity index (χ0) is 15.4. The third-order valence-electron chi connectivity index (χ3n) is 3.14. The summed E-state index contributed by atoms with van der Waals surface area (Å²) in [7, 11) is 2.00. The van der Waals surface area contributed by atoms with E-state index in [0.717, 1.165) is 14.8 Å². The minimum absolute atomic E-state index is 0.873. The zero-order valence-corrected chi connectivity index (χ0v) is 14.4. The van der Waals surface area contributed by atoms with E-state index < -0.39 is 0 Å². The lowest BCUT2D eigenvalue weighted by molar-refractivity contribution is 0.889. The van der Waals surface area contributed by atoms with Gasteiger partial charge in [0.05, 0.1) is 16.4 Å². The van der Waals surface area contributed by atoms with Crippen molar-refractivity contribution in [2.24, 2.45) is 17.3 Å². The van der Waals surface area contributed by atoms with Gasteiger partial charge in [-0.05, 0) is 39.7 Å². The highest BCUT2D eigenvalue weighted by Gasteiger charge is 2.00. The van der Waals surface area contributed by atoms with E-state index in [0.29, 0.717) is 0 Å². The van der Waals surface area contributed by atoms with Crippen LogP contribution in [0.1, 0.15) is 5.56 Å². The van der Waals surface area contributed by atoms with Gasteiger partial charge in [-0.1, -0.05) is 53.8 Å². The zero-order valence-electron chi connectivity index (χ0n) is 12.0. The molecule has 0 saturated carbocycles. The minimum atomic E-state index is 0.873. The Morgan fingerprint density at radius 1 is 1.09 bits per heavy atom. The lowest BCUT2D eigenvalue weighted by Gasteiger charge is -1.93. The fraction of sp³-hybridized carbons (Fsp3) is 0.0588. The minimum Gasteiger partial charge on any atom is -0.318 e. The topological polar surface area (TPSA) is 29.6 Å². The third kappa shape index (κ3) is 3.43. The molecular formula is C17H14BrN3S. The average molecular weight is 372 g/mol. The van der Waals surface area contributed by atoms with Crippen LogP contribution in [0.15, 0.2) is 69.3 Å². The number of para-hydroxylation sites is 1. The van der Waals surface area contributed by atoms with Crippen LogP contribution in [-0.2, 0) is 7.05 Å². The van der Waals surface area contributed by atoms with Crippen LogP contribution in [0.2, 0.25) is 0 Å². The Hall–Kier alpha value is -1.98. The lowest BCUT2D eigenvalue weighted by atomic mass is 10.2. The summed E-state index contributed by atoms with van der Waals surface area (Å²) in [6.07, 6.45) is 3.71. The van der Waals surface area contributed by atoms with Crippen LogP contribution < -0.4 is 4.80 Å². The van der Waals surface area contributed by atoms with Crippen molar-refractivity contribution >= 4 is 49.8 Å². The summed E-state index contributed by atoms with van der Waals surface area (Å²) in [6, 6.07) is 18.3. The molecule has 0 fully saturated rings. The molecule has 0 unspecified atom stereocenters. The number of aromatic nitrogens is 1. The van der Waals surface area contributed by atoms with Gasteiger partial charge >= 0.3 is 0 Å². The quantitative estimate of drug-likeness (QED) is 0.477. The predicted molar refractivity (Wildman–Crippen MR) is 98.2 cm³/mol. The maximum Gasteiger partial charge on any atom is 0.211 e. The summed E-state index contributed by atoms with van der Waals surface area (Å²) < 4.78 is 4.13. The van der Waals surface area contributed by atoms with Crippen LogP contribution in [0, 0.1) is 0 Å². The number of hydrogen-bond acceptors (Lipinski definition) is 3. The van der Waals surface area contributed by atoms with Crippen LogP contribution in [0.3, 0.4) is 0 Å². The fourth-order valence-corrected chi connectivity index (χ4v) is 3.39. The average Bonchev–Trinajstić information content (AvgIpc) is 2.85. The van der Waals surface area contributed by atoms with Gasteiger partial charge in [0.25, 0.3) is 0 Å². The first-order valence-corrected chi connectivity index (χ1v) is 8.39. The molecule has 5 heteroatoms. The molecule has 0 bridgehead atoms. The van der Waals surface area contributed by atoms with E-state index in [1.54, 1.807) is 17.6 Å². The van der Waals surface area contributed by atoms with Gasteiger partial charge in [-0.3, -0.25) is 0 Å². The van der Waals surface area contributed by atoms with E-state index in [4.69, 9.17) is 0 Å². The number of thiazole rings is 1. The molecule has 0 aliphatic heterocycles. The second kappa shape index (κ2) is 6.85. The first-order chi connectivity index (χ1) is 10.7. The van der Waals surface area contributed by atoms with Gasteiger partial charge in [0.1, 0.15) is 0 Å². The number of hydrogen-bond donors (Lipinski definition) is 0. The Labute approximate surface area is 141 Å². The molecule has 3 nitrogen and oxygen atoms in total. The summed E-state index contributed by atoms with van der Waals surface area (Å²) in [5.41, 5.74) is 2.29. The van der Waals surface area contributed by atoms with Crippen molar-refractivity contribution in [2.75, 3.05) is 0 Å². The van der Waals surface area contributed by atoms with Crippen molar-refractivity contribution < 1.29 is 0 Å². The molecule has 110 valence electrons. The molecule has 0 aliphatic rings. The Bertz CT molecular complexity index is 904. The van der Waals surface area contributed by atoms with E-state index in [2.05, 4.69) is 38.3 Å². The summed E-state index contributed by atoms with van der Waals surface area (Å²) >= 11 is 5.12. The maximum atomic E-state index is 4.30. The molecule has 0 saturated heterocycles. The first-order valence-electron chi connectivity index (χ1n) is 6.78. The van der Waals surface area contributed by atoms with E-state index in [9.17, 15) is 0 Å². The highest BCUT2D eigenvalue weighted by molar-refractivity contribution is 9.12. The molecule has 0 radical (unpaired) electrons. The maximum absolute atomic E-state index is 4.30. The molecule has 2 aromatic carbocycles. The largest absolute Gasteiger partial charge is 0.318 e. The van der Waals surface area contributed by atoms with Gasteiger partial charge in [0.15, 0.2) is 0 Å². The van der Waals surface area contributed by atoms with Crippen LogP contribution >= 0.6 is 27.3 Å². The molecule has 0 aliphatic carbocycles. The van der Waals surface area contributed by atoms with Gasteiger partial charge in [0, 0.05) is 11.5 Å². The van der Waals surface area contributed by atoms with E-state index in [1.807, 2.05) is 60.2 Å². The Balaban J connectivity index is 1.86. The van der Waals surface area contributed by atoms with E-state index in [-0.39, 0.29) is 0 Å². The van der Waals surface area contributed by atoms with Crippen molar-refractivity contribution in [3.63, 3.8) is 0 Å². The molecule has 1 heterocycles. The predicted octanol–water partition coefficient (Wildman–Crippen LogP) is 4.56.